The molecule has 0 aromatic heterocycles. The highest BCUT2D eigenvalue weighted by Crippen LogP contribution is 2.31. The van der Waals surface area contributed by atoms with Crippen molar-refractivity contribution in [2.75, 3.05) is 26.3 Å². The van der Waals surface area contributed by atoms with Crippen molar-refractivity contribution in [3.63, 3.8) is 0 Å². The molecule has 35 heavy (non-hydrogen) atoms. The maximum Gasteiger partial charge on any atom is 0.251 e. The van der Waals surface area contributed by atoms with Crippen LogP contribution in [0.4, 0.5) is 0 Å². The first-order chi connectivity index (χ1) is 16.9. The number of nitrogens with zero attached hydrogens (tertiary/aromatic N) is 1. The highest BCUT2D eigenvalue weighted by Gasteiger charge is 2.32. The summed E-state index contributed by atoms with van der Waals surface area (Å²) in [5, 5.41) is 3.11. The van der Waals surface area contributed by atoms with E-state index in [0.717, 1.165) is 50.6 Å². The van der Waals surface area contributed by atoms with E-state index < -0.39 is 6.04 Å². The summed E-state index contributed by atoms with van der Waals surface area (Å²) in [5.74, 6) is 1.00. The van der Waals surface area contributed by atoms with Gasteiger partial charge in [0, 0.05) is 30.5 Å². The Kier molecular flexibility index (Phi) is 8.99. The van der Waals surface area contributed by atoms with E-state index in [4.69, 9.17) is 4.74 Å². The fourth-order valence-electron chi connectivity index (χ4n) is 5.57. The van der Waals surface area contributed by atoms with Crippen molar-refractivity contribution in [1.82, 2.24) is 10.2 Å². The number of hydrogen-bond acceptors (Lipinski definition) is 4. The van der Waals surface area contributed by atoms with Gasteiger partial charge in [-0.05, 0) is 68.1 Å². The minimum atomic E-state index is -0.412. The van der Waals surface area contributed by atoms with Gasteiger partial charge in [-0.1, -0.05) is 45.2 Å². The number of amides is 2. The second-order valence-corrected chi connectivity index (χ2v) is 11.2. The first-order valence-electron chi connectivity index (χ1n) is 13.7. The van der Waals surface area contributed by atoms with Gasteiger partial charge >= 0.3 is 0 Å². The summed E-state index contributed by atoms with van der Waals surface area (Å²) in [6.45, 7) is 6.12. The van der Waals surface area contributed by atoms with E-state index in [-0.39, 0.29) is 42.0 Å². The molecule has 4 rings (SSSR count). The van der Waals surface area contributed by atoms with Crippen LogP contribution in [-0.2, 0) is 14.3 Å². The van der Waals surface area contributed by atoms with E-state index in [1.165, 1.54) is 19.3 Å². The van der Waals surface area contributed by atoms with Crippen LogP contribution in [0, 0.1) is 17.8 Å². The molecular formula is C29H42N2O4. The van der Waals surface area contributed by atoms with Crippen molar-refractivity contribution in [1.29, 1.82) is 0 Å². The Morgan fingerprint density at radius 1 is 1.03 bits per heavy atom. The van der Waals surface area contributed by atoms with Gasteiger partial charge in [0.05, 0.1) is 12.6 Å². The first-order valence-corrected chi connectivity index (χ1v) is 13.7. The zero-order valence-corrected chi connectivity index (χ0v) is 21.5. The van der Waals surface area contributed by atoms with E-state index in [1.54, 1.807) is 0 Å². The van der Waals surface area contributed by atoms with Crippen LogP contribution in [-0.4, -0.2) is 54.8 Å². The molecule has 2 saturated carbocycles. The number of ether oxygens (including phenoxy) is 1. The number of nitrogens with one attached hydrogen (secondary N) is 1. The van der Waals surface area contributed by atoms with Gasteiger partial charge < -0.3 is 15.0 Å². The molecule has 192 valence electrons. The molecule has 2 aliphatic carbocycles. The van der Waals surface area contributed by atoms with Crippen molar-refractivity contribution in [3.8, 4) is 0 Å². The largest absolute Gasteiger partial charge is 0.371 e. The molecule has 3 aliphatic rings. The lowest BCUT2D eigenvalue weighted by Gasteiger charge is -2.33. The first kappa shape index (κ1) is 25.9. The van der Waals surface area contributed by atoms with Gasteiger partial charge in [0.15, 0.2) is 5.78 Å². The number of piperidine rings is 1. The summed E-state index contributed by atoms with van der Waals surface area (Å²) < 4.78 is 5.62. The van der Waals surface area contributed by atoms with E-state index >= 15 is 0 Å². The molecule has 1 saturated heterocycles. The van der Waals surface area contributed by atoms with Crippen molar-refractivity contribution in [2.24, 2.45) is 17.8 Å². The Morgan fingerprint density at radius 3 is 2.51 bits per heavy atom. The number of Topliss-reactive ketones (excluding diaryl/α,β-unsaturated/α-hetero) is 1. The van der Waals surface area contributed by atoms with Crippen LogP contribution >= 0.6 is 0 Å². The molecule has 6 heteroatoms. The molecule has 1 aromatic rings. The van der Waals surface area contributed by atoms with Crippen LogP contribution in [0.5, 0.6) is 0 Å². The zero-order valence-electron chi connectivity index (χ0n) is 21.5. The zero-order chi connectivity index (χ0) is 24.8. The van der Waals surface area contributed by atoms with Gasteiger partial charge in [-0.2, -0.15) is 0 Å². The molecule has 1 N–H and O–H groups in total. The third-order valence-corrected chi connectivity index (χ3v) is 7.95. The molecule has 2 atom stereocenters. The molecule has 0 spiro atoms. The fraction of sp³-hybridized carbons (Fsp3) is 0.690. The monoisotopic (exact) mass is 482 g/mol. The Hall–Kier alpha value is -2.21. The molecule has 3 fully saturated rings. The second kappa shape index (κ2) is 12.2. The van der Waals surface area contributed by atoms with Gasteiger partial charge in [0.2, 0.25) is 5.91 Å². The molecule has 1 aliphatic heterocycles. The lowest BCUT2D eigenvalue weighted by molar-refractivity contribution is -0.137. The smallest absolute Gasteiger partial charge is 0.251 e. The van der Waals surface area contributed by atoms with Crippen LogP contribution in [0.3, 0.4) is 0 Å². The Balaban J connectivity index is 1.38. The summed E-state index contributed by atoms with van der Waals surface area (Å²) >= 11 is 0. The Labute approximate surface area is 210 Å². The molecule has 0 bridgehead atoms. The number of carbonyl (C=O) groups is 3. The van der Waals surface area contributed by atoms with Gasteiger partial charge in [-0.15, -0.1) is 0 Å². The van der Waals surface area contributed by atoms with Gasteiger partial charge in [0.25, 0.3) is 5.91 Å². The standard InChI is InChI=1S/C29H42N2O4/c1-20(2)28(33)27(22-8-4-3-5-9-22)30-29(34)24-11-6-10-23(16-24)25-12-7-15-31(17-25)26(32)19-35-18-21-13-14-21/h6,10-11,16,20-22,25,27H,3-5,7-9,12-15,17-19H2,1-2H3,(H,30,34)/t25?,27-/m1/s1. The minimum Gasteiger partial charge on any atom is -0.371 e. The SMILES string of the molecule is CC(C)C(=O)[C@H](NC(=O)c1cccc(C2CCCN(C(=O)COCC3CC3)C2)c1)C1CCCCC1. The van der Waals surface area contributed by atoms with Crippen molar-refractivity contribution < 1.29 is 19.1 Å². The lowest BCUT2D eigenvalue weighted by Crippen LogP contribution is -2.48. The third-order valence-electron chi connectivity index (χ3n) is 7.95. The van der Waals surface area contributed by atoms with Gasteiger partial charge in [-0.3, -0.25) is 14.4 Å². The maximum absolute atomic E-state index is 13.3. The predicted molar refractivity (Wildman–Crippen MR) is 136 cm³/mol. The summed E-state index contributed by atoms with van der Waals surface area (Å²) in [5.41, 5.74) is 1.68. The summed E-state index contributed by atoms with van der Waals surface area (Å²) in [7, 11) is 0. The fourth-order valence-corrected chi connectivity index (χ4v) is 5.57. The maximum atomic E-state index is 13.3. The minimum absolute atomic E-state index is 0.0618. The average molecular weight is 483 g/mol. The normalized spacial score (nSPS) is 22.1. The molecule has 1 heterocycles. The van der Waals surface area contributed by atoms with Gasteiger partial charge in [0.1, 0.15) is 6.61 Å². The Bertz CT molecular complexity index is 888. The molecular weight excluding hydrogens is 440 g/mol. The number of benzene rings is 1. The number of likely N-dealkylation sites (tertiary alicyclic amines) is 1. The van der Waals surface area contributed by atoms with E-state index in [0.29, 0.717) is 24.6 Å². The molecule has 6 nitrogen and oxygen atoms in total. The van der Waals surface area contributed by atoms with Crippen LogP contribution < -0.4 is 5.32 Å². The third kappa shape index (κ3) is 7.16. The van der Waals surface area contributed by atoms with Crippen LogP contribution in [0.2, 0.25) is 0 Å². The highest BCUT2D eigenvalue weighted by atomic mass is 16.5. The predicted octanol–water partition coefficient (Wildman–Crippen LogP) is 4.72. The Morgan fingerprint density at radius 2 is 1.80 bits per heavy atom. The van der Waals surface area contributed by atoms with Crippen LogP contribution in [0.25, 0.3) is 0 Å². The summed E-state index contributed by atoms with van der Waals surface area (Å²) in [4.78, 5) is 40.8. The van der Waals surface area contributed by atoms with Crippen LogP contribution in [0.15, 0.2) is 24.3 Å². The molecule has 1 aromatic carbocycles. The quantitative estimate of drug-likeness (QED) is 0.523. The molecule has 2 amide bonds. The van der Waals surface area contributed by atoms with Crippen molar-refractivity contribution in [3.05, 3.63) is 35.4 Å². The number of hydrogen-bond donors (Lipinski definition) is 1. The summed E-state index contributed by atoms with van der Waals surface area (Å²) in [6, 6.07) is 7.34. The number of rotatable bonds is 10. The van der Waals surface area contributed by atoms with E-state index in [1.807, 2.05) is 36.9 Å². The topological polar surface area (TPSA) is 75.7 Å². The van der Waals surface area contributed by atoms with Gasteiger partial charge in [-0.25, -0.2) is 0 Å². The second-order valence-electron chi connectivity index (χ2n) is 11.2. The number of carbonyl (C=O) groups excluding carboxylic acids is 3. The lowest BCUT2D eigenvalue weighted by atomic mass is 9.80. The molecule has 1 unspecified atom stereocenters. The van der Waals surface area contributed by atoms with Crippen molar-refractivity contribution in [2.45, 2.75) is 83.6 Å². The van der Waals surface area contributed by atoms with E-state index in [9.17, 15) is 14.4 Å². The van der Waals surface area contributed by atoms with E-state index in [2.05, 4.69) is 11.4 Å². The average Bonchev–Trinajstić information content (AvgIpc) is 3.72. The summed E-state index contributed by atoms with van der Waals surface area (Å²) in [6.07, 6.45) is 9.84. The van der Waals surface area contributed by atoms with Crippen LogP contribution in [0.1, 0.15) is 93.5 Å². The highest BCUT2D eigenvalue weighted by molar-refractivity contribution is 5.98. The number of ketones is 1. The molecule has 0 radical (unpaired) electrons. The van der Waals surface area contributed by atoms with Crippen molar-refractivity contribution >= 4 is 17.6 Å².